The number of aliphatic carboxylic acids is 1. The van der Waals surface area contributed by atoms with Gasteiger partial charge in [-0.3, -0.25) is 4.79 Å². The summed E-state index contributed by atoms with van der Waals surface area (Å²) in [5.74, 6) is -0.843. The van der Waals surface area contributed by atoms with Gasteiger partial charge in [-0.25, -0.2) is 4.98 Å². The number of nitrogens with zero attached hydrogens (tertiary/aromatic N) is 1. The zero-order chi connectivity index (χ0) is 11.9. The quantitative estimate of drug-likeness (QED) is 0.838. The van der Waals surface area contributed by atoms with Crippen LogP contribution in [0.15, 0.2) is 18.2 Å². The van der Waals surface area contributed by atoms with Crippen molar-refractivity contribution in [3.8, 4) is 0 Å². The Labute approximate surface area is 96.7 Å². The van der Waals surface area contributed by atoms with Gasteiger partial charge in [-0.15, -0.1) is 0 Å². The second-order valence-corrected chi connectivity index (χ2v) is 5.23. The van der Waals surface area contributed by atoms with Crippen molar-refractivity contribution in [2.45, 2.75) is 19.3 Å². The molecule has 0 aliphatic rings. The predicted molar refractivity (Wildman–Crippen MR) is 64.7 cm³/mol. The molecule has 3 N–H and O–H groups in total. The highest BCUT2D eigenvalue weighted by atomic mass is 32.1. The summed E-state index contributed by atoms with van der Waals surface area (Å²) >= 11 is 1.37. The van der Waals surface area contributed by atoms with E-state index in [1.807, 2.05) is 12.1 Å². The van der Waals surface area contributed by atoms with Gasteiger partial charge < -0.3 is 10.8 Å². The second-order valence-electron chi connectivity index (χ2n) is 4.16. The number of benzene rings is 1. The fraction of sp³-hybridized carbons (Fsp3) is 0.273. The molecule has 0 fully saturated rings. The van der Waals surface area contributed by atoms with E-state index in [0.717, 1.165) is 15.8 Å². The number of aromatic nitrogens is 1. The number of hydrogen-bond acceptors (Lipinski definition) is 4. The zero-order valence-corrected chi connectivity index (χ0v) is 9.84. The van der Waals surface area contributed by atoms with E-state index in [1.54, 1.807) is 19.9 Å². The van der Waals surface area contributed by atoms with E-state index in [4.69, 9.17) is 10.8 Å². The summed E-state index contributed by atoms with van der Waals surface area (Å²) in [7, 11) is 0. The minimum absolute atomic E-state index is 0.500. The van der Waals surface area contributed by atoms with Gasteiger partial charge in [-0.05, 0) is 31.5 Å². The molecule has 0 aliphatic carbocycles. The largest absolute Gasteiger partial charge is 0.481 e. The highest BCUT2D eigenvalue weighted by Gasteiger charge is 2.29. The Morgan fingerprint density at radius 3 is 2.81 bits per heavy atom. The molecule has 0 saturated carbocycles. The van der Waals surface area contributed by atoms with Crippen LogP contribution in [0.25, 0.3) is 10.2 Å². The molecule has 0 amide bonds. The normalized spacial score (nSPS) is 11.9. The van der Waals surface area contributed by atoms with Crippen LogP contribution in [0.1, 0.15) is 19.4 Å². The summed E-state index contributed by atoms with van der Waals surface area (Å²) in [5, 5.41) is 9.64. The van der Waals surface area contributed by atoms with Gasteiger partial charge in [-0.1, -0.05) is 17.4 Å². The molecule has 0 spiro atoms. The fourth-order valence-corrected chi connectivity index (χ4v) is 2.23. The van der Waals surface area contributed by atoms with Gasteiger partial charge in [0.05, 0.1) is 15.6 Å². The maximum Gasteiger partial charge on any atom is 0.313 e. The summed E-state index contributed by atoms with van der Waals surface area (Å²) in [6, 6.07) is 5.44. The maximum absolute atomic E-state index is 11.1. The van der Waals surface area contributed by atoms with Gasteiger partial charge in [0.15, 0.2) is 5.13 Å². The van der Waals surface area contributed by atoms with Gasteiger partial charge in [0.2, 0.25) is 0 Å². The second kappa shape index (κ2) is 3.45. The highest BCUT2D eigenvalue weighted by molar-refractivity contribution is 7.22. The Balaban J connectivity index is 2.58. The number of fused-ring (bicyclic) bond motifs is 1. The predicted octanol–water partition coefficient (Wildman–Crippen LogP) is 2.24. The first-order valence-corrected chi connectivity index (χ1v) is 5.63. The number of nitrogen functional groups attached to an aromatic ring is 1. The maximum atomic E-state index is 11.1. The first-order valence-electron chi connectivity index (χ1n) is 4.81. The summed E-state index contributed by atoms with van der Waals surface area (Å²) in [6.45, 7) is 3.36. The molecule has 5 heteroatoms. The van der Waals surface area contributed by atoms with Crippen molar-refractivity contribution in [2.75, 3.05) is 5.73 Å². The van der Waals surface area contributed by atoms with Crippen molar-refractivity contribution < 1.29 is 9.90 Å². The molecule has 0 atom stereocenters. The number of carboxylic acids is 1. The van der Waals surface area contributed by atoms with E-state index < -0.39 is 11.4 Å². The molecule has 2 aromatic rings. The number of rotatable bonds is 2. The Morgan fingerprint density at radius 1 is 1.50 bits per heavy atom. The molecule has 0 radical (unpaired) electrons. The summed E-state index contributed by atoms with van der Waals surface area (Å²) in [5.41, 5.74) is 6.28. The molecule has 16 heavy (non-hydrogen) atoms. The van der Waals surface area contributed by atoms with Crippen molar-refractivity contribution in [3.05, 3.63) is 23.8 Å². The number of carboxylic acid groups (broad SMARTS) is 1. The monoisotopic (exact) mass is 236 g/mol. The van der Waals surface area contributed by atoms with E-state index in [9.17, 15) is 4.79 Å². The SMILES string of the molecule is CC(C)(C(=O)O)c1ccc2nc(N)sc2c1. The fourth-order valence-electron chi connectivity index (χ4n) is 1.45. The molecular weight excluding hydrogens is 224 g/mol. The van der Waals surface area contributed by atoms with Crippen LogP contribution in [-0.2, 0) is 10.2 Å². The zero-order valence-electron chi connectivity index (χ0n) is 9.02. The number of nitrogens with two attached hydrogens (primary N) is 1. The first kappa shape index (κ1) is 10.9. The van der Waals surface area contributed by atoms with E-state index in [1.165, 1.54) is 11.3 Å². The van der Waals surface area contributed by atoms with E-state index in [2.05, 4.69) is 4.98 Å². The number of carbonyl (C=O) groups is 1. The Kier molecular flexibility index (Phi) is 2.35. The summed E-state index contributed by atoms with van der Waals surface area (Å²) in [6.07, 6.45) is 0. The topological polar surface area (TPSA) is 76.2 Å². The van der Waals surface area contributed by atoms with Crippen LogP contribution in [-0.4, -0.2) is 16.1 Å². The lowest BCUT2D eigenvalue weighted by atomic mass is 9.85. The van der Waals surface area contributed by atoms with Crippen molar-refractivity contribution in [3.63, 3.8) is 0 Å². The minimum atomic E-state index is -0.896. The minimum Gasteiger partial charge on any atom is -0.481 e. The Morgan fingerprint density at radius 2 is 2.19 bits per heavy atom. The average molecular weight is 236 g/mol. The molecule has 2 rings (SSSR count). The third kappa shape index (κ3) is 1.63. The lowest BCUT2D eigenvalue weighted by Gasteiger charge is -2.19. The van der Waals surface area contributed by atoms with Crippen LogP contribution in [0.5, 0.6) is 0 Å². The third-order valence-corrected chi connectivity index (χ3v) is 3.51. The third-order valence-electron chi connectivity index (χ3n) is 2.66. The highest BCUT2D eigenvalue weighted by Crippen LogP contribution is 2.30. The molecule has 4 nitrogen and oxygen atoms in total. The van der Waals surface area contributed by atoms with Crippen LogP contribution >= 0.6 is 11.3 Å². The molecule has 0 bridgehead atoms. The van der Waals surface area contributed by atoms with Crippen molar-refractivity contribution in [1.82, 2.24) is 4.98 Å². The van der Waals surface area contributed by atoms with Crippen LogP contribution in [0.4, 0.5) is 5.13 Å². The van der Waals surface area contributed by atoms with Gasteiger partial charge in [-0.2, -0.15) is 0 Å². The van der Waals surface area contributed by atoms with Crippen molar-refractivity contribution in [2.24, 2.45) is 0 Å². The lowest BCUT2D eigenvalue weighted by Crippen LogP contribution is -2.28. The van der Waals surface area contributed by atoms with Gasteiger partial charge in [0, 0.05) is 0 Å². The molecule has 1 aromatic heterocycles. The molecule has 1 aromatic carbocycles. The Hall–Kier alpha value is -1.62. The van der Waals surface area contributed by atoms with Crippen molar-refractivity contribution >= 4 is 32.7 Å². The van der Waals surface area contributed by atoms with Crippen LogP contribution in [0.2, 0.25) is 0 Å². The molecule has 0 unspecified atom stereocenters. The molecule has 0 aliphatic heterocycles. The molecule has 1 heterocycles. The number of hydrogen-bond donors (Lipinski definition) is 2. The van der Waals surface area contributed by atoms with Crippen LogP contribution < -0.4 is 5.73 Å². The van der Waals surface area contributed by atoms with Crippen LogP contribution in [0, 0.1) is 0 Å². The number of anilines is 1. The van der Waals surface area contributed by atoms with Crippen molar-refractivity contribution in [1.29, 1.82) is 0 Å². The Bertz CT molecular complexity index is 560. The van der Waals surface area contributed by atoms with E-state index >= 15 is 0 Å². The molecule has 84 valence electrons. The molecular formula is C11H12N2O2S. The standard InChI is InChI=1S/C11H12N2O2S/c1-11(2,9(14)15)6-3-4-7-8(5-6)16-10(12)13-7/h3-5H,1-2H3,(H2,12,13)(H,14,15). The van der Waals surface area contributed by atoms with Gasteiger partial charge >= 0.3 is 5.97 Å². The smallest absolute Gasteiger partial charge is 0.313 e. The number of thiazole rings is 1. The van der Waals surface area contributed by atoms with Gasteiger partial charge in [0.1, 0.15) is 0 Å². The first-order chi connectivity index (χ1) is 7.41. The van der Waals surface area contributed by atoms with E-state index in [-0.39, 0.29) is 0 Å². The molecule has 0 saturated heterocycles. The summed E-state index contributed by atoms with van der Waals surface area (Å²) in [4.78, 5) is 15.3. The lowest BCUT2D eigenvalue weighted by molar-refractivity contribution is -0.142. The van der Waals surface area contributed by atoms with Crippen LogP contribution in [0.3, 0.4) is 0 Å². The summed E-state index contributed by atoms with van der Waals surface area (Å²) < 4.78 is 0.921. The van der Waals surface area contributed by atoms with E-state index in [0.29, 0.717) is 5.13 Å². The van der Waals surface area contributed by atoms with Gasteiger partial charge in [0.25, 0.3) is 0 Å². The average Bonchev–Trinajstić information content (AvgIpc) is 2.56.